The average Bonchev–Trinajstić information content (AvgIpc) is 3.09. The van der Waals surface area contributed by atoms with E-state index in [9.17, 15) is 0 Å². The van der Waals surface area contributed by atoms with Gasteiger partial charge in [0.1, 0.15) is 18.1 Å². The normalized spacial score (nSPS) is 18.9. The van der Waals surface area contributed by atoms with Gasteiger partial charge in [0.05, 0.1) is 12.6 Å². The fraction of sp³-hybridized carbons (Fsp3) is 0.400. The van der Waals surface area contributed by atoms with E-state index in [1.807, 2.05) is 0 Å². The van der Waals surface area contributed by atoms with Crippen LogP contribution in [0.25, 0.3) is 0 Å². The largest absolute Gasteiger partial charge is 0.497 e. The summed E-state index contributed by atoms with van der Waals surface area (Å²) in [4.78, 5) is 5.33. The molecule has 1 saturated heterocycles. The molecule has 0 aromatic heterocycles. The molecule has 4 aromatic carbocycles. The average molecular weight is 589 g/mol. The van der Waals surface area contributed by atoms with Gasteiger partial charge in [0.25, 0.3) is 0 Å². The third-order valence-corrected chi connectivity index (χ3v) is 9.80. The molecule has 44 heavy (non-hydrogen) atoms. The van der Waals surface area contributed by atoms with Crippen LogP contribution < -0.4 is 9.47 Å². The van der Waals surface area contributed by atoms with Crippen LogP contribution in [0.1, 0.15) is 53.5 Å². The maximum absolute atomic E-state index is 6.21. The van der Waals surface area contributed by atoms with E-state index in [4.69, 9.17) is 9.47 Å². The Morgan fingerprint density at radius 2 is 1.34 bits per heavy atom. The molecule has 1 unspecified atom stereocenters. The smallest absolute Gasteiger partial charge is 0.119 e. The summed E-state index contributed by atoms with van der Waals surface area (Å²) in [6, 6.07) is 37.7. The van der Waals surface area contributed by atoms with Crippen LogP contribution in [0.15, 0.2) is 103 Å². The van der Waals surface area contributed by atoms with Crippen LogP contribution in [0.2, 0.25) is 0 Å². The first kappa shape index (κ1) is 30.4. The molecule has 4 aromatic rings. The predicted molar refractivity (Wildman–Crippen MR) is 181 cm³/mol. The van der Waals surface area contributed by atoms with Gasteiger partial charge in [-0.25, -0.2) is 0 Å². The Morgan fingerprint density at radius 3 is 2.05 bits per heavy atom. The number of hydrogen-bond acceptors (Lipinski definition) is 4. The first-order valence-electron chi connectivity index (χ1n) is 16.7. The van der Waals surface area contributed by atoms with Gasteiger partial charge in [-0.15, -0.1) is 0 Å². The summed E-state index contributed by atoms with van der Waals surface area (Å²) in [5, 5.41) is 0. The molecule has 0 saturated carbocycles. The summed E-state index contributed by atoms with van der Waals surface area (Å²) in [5.41, 5.74) is 6.90. The second-order valence-corrected chi connectivity index (χ2v) is 12.6. The number of ether oxygens (including phenoxy) is 2. The van der Waals surface area contributed by atoms with E-state index in [2.05, 4.69) is 113 Å². The van der Waals surface area contributed by atoms with Crippen LogP contribution in [0.3, 0.4) is 0 Å². The molecule has 230 valence electrons. The van der Waals surface area contributed by atoms with Gasteiger partial charge < -0.3 is 9.47 Å². The first-order valence-corrected chi connectivity index (χ1v) is 16.7. The van der Waals surface area contributed by atoms with E-state index in [0.29, 0.717) is 0 Å². The summed E-state index contributed by atoms with van der Waals surface area (Å²) in [6.45, 7) is 6.26. The van der Waals surface area contributed by atoms with E-state index >= 15 is 0 Å². The number of aryl methyl sites for hydroxylation is 1. The minimum atomic E-state index is -0.124. The van der Waals surface area contributed by atoms with E-state index < -0.39 is 0 Å². The van der Waals surface area contributed by atoms with Gasteiger partial charge in [-0.05, 0) is 110 Å². The molecule has 2 aliphatic rings. The Labute approximate surface area is 264 Å². The van der Waals surface area contributed by atoms with Crippen molar-refractivity contribution in [1.29, 1.82) is 0 Å². The molecule has 0 bridgehead atoms. The van der Waals surface area contributed by atoms with E-state index in [1.54, 1.807) is 7.11 Å². The van der Waals surface area contributed by atoms with Crippen molar-refractivity contribution in [3.8, 4) is 11.5 Å². The van der Waals surface area contributed by atoms with Crippen molar-refractivity contribution in [2.24, 2.45) is 0 Å². The van der Waals surface area contributed by atoms with Crippen molar-refractivity contribution in [1.82, 2.24) is 9.80 Å². The lowest BCUT2D eigenvalue weighted by Crippen LogP contribution is -2.53. The van der Waals surface area contributed by atoms with Gasteiger partial charge in [0.2, 0.25) is 0 Å². The predicted octanol–water partition coefficient (Wildman–Crippen LogP) is 7.73. The van der Waals surface area contributed by atoms with Gasteiger partial charge in [-0.2, -0.15) is 0 Å². The summed E-state index contributed by atoms with van der Waals surface area (Å²) in [7, 11) is 1.77. The highest BCUT2D eigenvalue weighted by Crippen LogP contribution is 2.43. The minimum absolute atomic E-state index is 0.124. The van der Waals surface area contributed by atoms with Crippen molar-refractivity contribution in [2.45, 2.75) is 56.9 Å². The maximum Gasteiger partial charge on any atom is 0.119 e. The number of piperidine rings is 1. The topological polar surface area (TPSA) is 24.9 Å². The zero-order chi connectivity index (χ0) is 30.0. The summed E-state index contributed by atoms with van der Waals surface area (Å²) in [6.07, 6.45) is 9.14. The fourth-order valence-corrected chi connectivity index (χ4v) is 7.33. The maximum atomic E-state index is 6.21. The van der Waals surface area contributed by atoms with Gasteiger partial charge in [-0.3, -0.25) is 9.80 Å². The Hall–Kier alpha value is -3.60. The number of nitrogens with zero attached hydrogens (tertiary/aromatic N) is 2. The van der Waals surface area contributed by atoms with Gasteiger partial charge >= 0.3 is 0 Å². The van der Waals surface area contributed by atoms with Crippen molar-refractivity contribution < 1.29 is 9.47 Å². The SMILES string of the molecule is COc1ccc2c(c1)CCN(CCc1ccccc1)C2(CCc1ccccc1)Cc1ccc(OCCN2CCCCC2)cc1. The summed E-state index contributed by atoms with van der Waals surface area (Å²) < 4.78 is 11.9. The standard InChI is InChI=1S/C40H48N2O2/c1-43-38-19-20-39-36(31-38)23-28-42(27-22-34-13-7-3-8-14-34)40(39,24-21-33-11-5-2-6-12-33)32-35-15-17-37(18-16-35)44-30-29-41-25-9-4-10-26-41/h2-3,5-8,11-20,31H,4,9-10,21-30,32H2,1H3. The molecule has 0 spiro atoms. The number of fused-ring (bicyclic) bond motifs is 1. The number of likely N-dealkylation sites (tertiary alicyclic amines) is 1. The van der Waals surface area contributed by atoms with Crippen LogP contribution in [-0.4, -0.2) is 56.2 Å². The van der Waals surface area contributed by atoms with Crippen molar-refractivity contribution in [3.63, 3.8) is 0 Å². The van der Waals surface area contributed by atoms with E-state index in [-0.39, 0.29) is 5.54 Å². The minimum Gasteiger partial charge on any atom is -0.497 e. The highest BCUT2D eigenvalue weighted by atomic mass is 16.5. The Bertz CT molecular complexity index is 1430. The first-order chi connectivity index (χ1) is 21.7. The lowest BCUT2D eigenvalue weighted by Gasteiger charge is -2.49. The highest BCUT2D eigenvalue weighted by Gasteiger charge is 2.42. The van der Waals surface area contributed by atoms with Gasteiger partial charge in [-0.1, -0.05) is 85.3 Å². The number of benzene rings is 4. The van der Waals surface area contributed by atoms with Crippen LogP contribution in [0.4, 0.5) is 0 Å². The van der Waals surface area contributed by atoms with Crippen molar-refractivity contribution >= 4 is 0 Å². The summed E-state index contributed by atoms with van der Waals surface area (Å²) in [5.74, 6) is 1.92. The Morgan fingerprint density at radius 1 is 0.659 bits per heavy atom. The second-order valence-electron chi connectivity index (χ2n) is 12.6. The third kappa shape index (κ3) is 7.54. The molecule has 1 atom stereocenters. The quantitative estimate of drug-likeness (QED) is 0.160. The lowest BCUT2D eigenvalue weighted by atomic mass is 9.73. The van der Waals surface area contributed by atoms with E-state index in [1.165, 1.54) is 60.2 Å². The van der Waals surface area contributed by atoms with Crippen LogP contribution in [0.5, 0.6) is 11.5 Å². The third-order valence-electron chi connectivity index (χ3n) is 9.80. The monoisotopic (exact) mass is 588 g/mol. The van der Waals surface area contributed by atoms with Crippen LogP contribution >= 0.6 is 0 Å². The molecule has 0 radical (unpaired) electrons. The molecule has 4 nitrogen and oxygen atoms in total. The van der Waals surface area contributed by atoms with Crippen LogP contribution in [0, 0.1) is 0 Å². The molecule has 1 fully saturated rings. The molecule has 2 heterocycles. The molecule has 4 heteroatoms. The van der Waals surface area contributed by atoms with Crippen molar-refractivity contribution in [2.75, 3.05) is 46.4 Å². The number of methoxy groups -OCH3 is 1. The zero-order valence-electron chi connectivity index (χ0n) is 26.4. The Kier molecular flexibility index (Phi) is 10.3. The lowest BCUT2D eigenvalue weighted by molar-refractivity contribution is 0.0646. The molecular weight excluding hydrogens is 540 g/mol. The fourth-order valence-electron chi connectivity index (χ4n) is 7.33. The summed E-state index contributed by atoms with van der Waals surface area (Å²) >= 11 is 0. The van der Waals surface area contributed by atoms with Gasteiger partial charge in [0, 0.05) is 19.6 Å². The van der Waals surface area contributed by atoms with Gasteiger partial charge in [0.15, 0.2) is 0 Å². The molecule has 0 amide bonds. The number of hydrogen-bond donors (Lipinski definition) is 0. The molecule has 0 aliphatic carbocycles. The zero-order valence-corrected chi connectivity index (χ0v) is 26.4. The Balaban J connectivity index is 1.27. The van der Waals surface area contributed by atoms with Crippen molar-refractivity contribution in [3.05, 3.63) is 131 Å². The molecule has 2 aliphatic heterocycles. The highest BCUT2D eigenvalue weighted by molar-refractivity contribution is 5.44. The van der Waals surface area contributed by atoms with E-state index in [0.717, 1.165) is 69.8 Å². The van der Waals surface area contributed by atoms with Crippen LogP contribution in [-0.2, 0) is 31.2 Å². The number of rotatable bonds is 13. The second kappa shape index (κ2) is 14.9. The molecule has 0 N–H and O–H groups in total. The molecular formula is C40H48N2O2. The molecule has 6 rings (SSSR count).